The van der Waals surface area contributed by atoms with E-state index in [0.717, 1.165) is 23.4 Å². The van der Waals surface area contributed by atoms with Gasteiger partial charge in [0.25, 0.3) is 0 Å². The molecule has 19 heavy (non-hydrogen) atoms. The summed E-state index contributed by atoms with van der Waals surface area (Å²) in [6, 6.07) is 6.17. The van der Waals surface area contributed by atoms with Crippen molar-refractivity contribution in [1.29, 1.82) is 0 Å². The second-order valence-electron chi connectivity index (χ2n) is 4.58. The number of aromatic nitrogens is 2. The lowest BCUT2D eigenvalue weighted by atomic mass is 10.1. The molecular formula is C14H13ClN4. The number of halogens is 1. The van der Waals surface area contributed by atoms with Crippen LogP contribution in [0.3, 0.4) is 0 Å². The van der Waals surface area contributed by atoms with E-state index in [-0.39, 0.29) is 11.0 Å². The molecule has 4 nitrogen and oxygen atoms in total. The van der Waals surface area contributed by atoms with Crippen LogP contribution in [0.15, 0.2) is 36.7 Å². The molecule has 0 saturated heterocycles. The first-order valence-electron chi connectivity index (χ1n) is 5.89. The molecule has 3 rings (SSSR count). The Morgan fingerprint density at radius 3 is 2.95 bits per heavy atom. The van der Waals surface area contributed by atoms with Gasteiger partial charge in [0.2, 0.25) is 0 Å². The fourth-order valence-electron chi connectivity index (χ4n) is 2.24. The zero-order valence-electron chi connectivity index (χ0n) is 10.5. The van der Waals surface area contributed by atoms with Gasteiger partial charge in [-0.2, -0.15) is 0 Å². The van der Waals surface area contributed by atoms with Gasteiger partial charge in [-0.1, -0.05) is 24.2 Å². The maximum Gasteiger partial charge on any atom is 0.171 e. The summed E-state index contributed by atoms with van der Waals surface area (Å²) in [6.45, 7) is 4.04. The van der Waals surface area contributed by atoms with Crippen molar-refractivity contribution < 1.29 is 0 Å². The van der Waals surface area contributed by atoms with Gasteiger partial charge in [0, 0.05) is 30.4 Å². The van der Waals surface area contributed by atoms with Crippen LogP contribution in [-0.4, -0.2) is 17.0 Å². The highest BCUT2D eigenvalue weighted by Crippen LogP contribution is 2.35. The second-order valence-corrected chi connectivity index (χ2v) is 4.93. The number of nitrogens with zero attached hydrogens (tertiary/aromatic N) is 3. The van der Waals surface area contributed by atoms with Gasteiger partial charge < -0.3 is 10.6 Å². The number of rotatable bonds is 1. The van der Waals surface area contributed by atoms with Crippen molar-refractivity contribution in [1.82, 2.24) is 9.97 Å². The molecule has 0 bridgehead atoms. The number of nitrogens with two attached hydrogens (primary N) is 1. The number of fused-ring (bicyclic) bond motifs is 1. The van der Waals surface area contributed by atoms with Crippen LogP contribution in [0.2, 0.25) is 5.15 Å². The van der Waals surface area contributed by atoms with Crippen molar-refractivity contribution in [2.45, 2.75) is 6.42 Å². The molecule has 0 spiro atoms. The molecule has 1 aliphatic rings. The molecule has 0 fully saturated rings. The molecule has 1 aliphatic heterocycles. The normalized spacial score (nSPS) is 13.8. The fourth-order valence-corrected chi connectivity index (χ4v) is 2.38. The third-order valence-electron chi connectivity index (χ3n) is 3.36. The Labute approximate surface area is 116 Å². The predicted octanol–water partition coefficient (Wildman–Crippen LogP) is 2.89. The summed E-state index contributed by atoms with van der Waals surface area (Å²) in [6.07, 6.45) is 2.49. The monoisotopic (exact) mass is 272 g/mol. The summed E-state index contributed by atoms with van der Waals surface area (Å²) >= 11 is 5.91. The van der Waals surface area contributed by atoms with Crippen molar-refractivity contribution in [2.75, 3.05) is 17.7 Å². The van der Waals surface area contributed by atoms with Crippen molar-refractivity contribution >= 4 is 23.1 Å². The molecule has 0 radical (unpaired) electrons. The maximum atomic E-state index is 5.91. The molecular weight excluding hydrogens is 260 g/mol. The number of hydrogen-bond acceptors (Lipinski definition) is 4. The first-order valence-corrected chi connectivity index (χ1v) is 6.27. The third-order valence-corrected chi connectivity index (χ3v) is 3.64. The Balaban J connectivity index is 2.06. The molecule has 5 heteroatoms. The minimum Gasteiger partial charge on any atom is -0.381 e. The lowest BCUT2D eigenvalue weighted by molar-refractivity contribution is 1.11. The molecule has 2 N–H and O–H groups in total. The molecule has 2 aromatic rings. The summed E-state index contributed by atoms with van der Waals surface area (Å²) < 4.78 is 0. The van der Waals surface area contributed by atoms with Gasteiger partial charge in [-0.25, -0.2) is 9.97 Å². The highest BCUT2D eigenvalue weighted by molar-refractivity contribution is 6.31. The van der Waals surface area contributed by atoms with Crippen molar-refractivity contribution in [3.05, 3.63) is 47.4 Å². The first kappa shape index (κ1) is 12.0. The largest absolute Gasteiger partial charge is 0.381 e. The smallest absolute Gasteiger partial charge is 0.171 e. The van der Waals surface area contributed by atoms with E-state index in [1.54, 1.807) is 6.20 Å². The Hall–Kier alpha value is -2.07. The number of nitrogen functional groups attached to an aromatic ring is 1. The Morgan fingerprint density at radius 1 is 1.42 bits per heavy atom. The number of hydrogen-bond donors (Lipinski definition) is 1. The molecule has 0 aliphatic carbocycles. The Morgan fingerprint density at radius 2 is 2.21 bits per heavy atom. The zero-order valence-corrected chi connectivity index (χ0v) is 11.3. The van der Waals surface area contributed by atoms with Gasteiger partial charge in [-0.3, -0.25) is 0 Å². The lowest BCUT2D eigenvalue weighted by Gasteiger charge is -2.13. The van der Waals surface area contributed by atoms with E-state index in [9.17, 15) is 0 Å². The maximum absolute atomic E-state index is 5.91. The van der Waals surface area contributed by atoms with Gasteiger partial charge in [0.1, 0.15) is 0 Å². The molecule has 1 aromatic carbocycles. The van der Waals surface area contributed by atoms with E-state index < -0.39 is 0 Å². The van der Waals surface area contributed by atoms with Gasteiger partial charge in [0.15, 0.2) is 11.0 Å². The van der Waals surface area contributed by atoms with Gasteiger partial charge in [-0.15, -0.1) is 0 Å². The predicted molar refractivity (Wildman–Crippen MR) is 78.1 cm³/mol. The van der Waals surface area contributed by atoms with Crippen LogP contribution >= 0.6 is 11.6 Å². The van der Waals surface area contributed by atoms with Crippen LogP contribution in [0, 0.1) is 0 Å². The van der Waals surface area contributed by atoms with Crippen molar-refractivity contribution in [2.24, 2.45) is 0 Å². The minimum absolute atomic E-state index is 0.236. The average Bonchev–Trinajstić information content (AvgIpc) is 2.68. The molecule has 0 atom stereocenters. The molecule has 0 saturated carbocycles. The number of allylic oxidation sites excluding steroid dienone is 1. The number of anilines is 2. The minimum atomic E-state index is 0.236. The third kappa shape index (κ3) is 1.94. The summed E-state index contributed by atoms with van der Waals surface area (Å²) in [4.78, 5) is 10.4. The fraction of sp³-hybridized carbons (Fsp3) is 0.143. The lowest BCUT2D eigenvalue weighted by Crippen LogP contribution is -2.09. The molecule has 0 amide bonds. The standard InChI is InChI=1S/C14H13ClN4/c1-8-5-10-6-9(3-4-12(10)19(8)2)11-7-17-14(16)13(15)18-11/h3-4,6-7H,1,5H2,2H3,(H2,16,17). The van der Waals surface area contributed by atoms with E-state index in [2.05, 4.69) is 33.6 Å². The molecule has 0 unspecified atom stereocenters. The highest BCUT2D eigenvalue weighted by Gasteiger charge is 2.19. The van der Waals surface area contributed by atoms with E-state index >= 15 is 0 Å². The van der Waals surface area contributed by atoms with Crippen LogP contribution in [0.5, 0.6) is 0 Å². The summed E-state index contributed by atoms with van der Waals surface area (Å²) in [5.74, 6) is 0.250. The Bertz CT molecular complexity index is 681. The number of likely N-dealkylation sites (N-methyl/N-ethyl adjacent to an activating group) is 1. The van der Waals surface area contributed by atoms with Crippen LogP contribution in [0.1, 0.15) is 5.56 Å². The van der Waals surface area contributed by atoms with Gasteiger partial charge >= 0.3 is 0 Å². The van der Waals surface area contributed by atoms with E-state index in [1.807, 2.05) is 13.1 Å². The second kappa shape index (κ2) is 4.24. The summed E-state index contributed by atoms with van der Waals surface area (Å²) in [5, 5.41) is 0.236. The summed E-state index contributed by atoms with van der Waals surface area (Å²) in [5.41, 5.74) is 10.8. The Kier molecular flexibility index (Phi) is 2.68. The van der Waals surface area contributed by atoms with Crippen molar-refractivity contribution in [3.8, 4) is 11.3 Å². The highest BCUT2D eigenvalue weighted by atomic mass is 35.5. The number of benzene rings is 1. The van der Waals surface area contributed by atoms with Crippen LogP contribution in [0.4, 0.5) is 11.5 Å². The average molecular weight is 273 g/mol. The van der Waals surface area contributed by atoms with Crippen LogP contribution in [0.25, 0.3) is 11.3 Å². The molecule has 2 heterocycles. The molecule has 1 aromatic heterocycles. The summed E-state index contributed by atoms with van der Waals surface area (Å²) in [7, 11) is 2.02. The zero-order chi connectivity index (χ0) is 13.6. The van der Waals surface area contributed by atoms with E-state index in [4.69, 9.17) is 17.3 Å². The van der Waals surface area contributed by atoms with Crippen molar-refractivity contribution in [3.63, 3.8) is 0 Å². The van der Waals surface area contributed by atoms with Gasteiger partial charge in [0.05, 0.1) is 11.9 Å². The van der Waals surface area contributed by atoms with Crippen LogP contribution in [-0.2, 0) is 6.42 Å². The molecule has 96 valence electrons. The van der Waals surface area contributed by atoms with E-state index in [0.29, 0.717) is 0 Å². The quantitative estimate of drug-likeness (QED) is 0.867. The SMILES string of the molecule is C=C1Cc2cc(-c3cnc(N)c(Cl)n3)ccc2N1C. The van der Waals surface area contributed by atoms with Gasteiger partial charge in [-0.05, 0) is 17.7 Å². The van der Waals surface area contributed by atoms with Crippen LogP contribution < -0.4 is 10.6 Å². The topological polar surface area (TPSA) is 55.0 Å². The van der Waals surface area contributed by atoms with E-state index in [1.165, 1.54) is 11.3 Å². The first-order chi connectivity index (χ1) is 9.06.